The third kappa shape index (κ3) is 2.48. The Balaban J connectivity index is 1.83. The van der Waals surface area contributed by atoms with Crippen LogP contribution in [0.5, 0.6) is 0 Å². The maximum absolute atomic E-state index is 12.7. The van der Waals surface area contributed by atoms with Gasteiger partial charge < -0.3 is 9.64 Å². The first-order chi connectivity index (χ1) is 10.1. The van der Waals surface area contributed by atoms with E-state index in [-0.39, 0.29) is 24.0 Å². The quantitative estimate of drug-likeness (QED) is 0.853. The number of fused-ring (bicyclic) bond motifs is 1. The normalized spacial score (nSPS) is 25.3. The molecule has 5 nitrogen and oxygen atoms in total. The number of benzene rings is 1. The zero-order valence-corrected chi connectivity index (χ0v) is 12.4. The van der Waals surface area contributed by atoms with Gasteiger partial charge in [0.15, 0.2) is 0 Å². The summed E-state index contributed by atoms with van der Waals surface area (Å²) < 4.78 is 5.14. The van der Waals surface area contributed by atoms with Crippen molar-refractivity contribution in [1.29, 1.82) is 0 Å². The molecule has 0 saturated carbocycles. The summed E-state index contributed by atoms with van der Waals surface area (Å²) in [6.07, 6.45) is -0.355. The molecule has 0 bridgehead atoms. The monoisotopic (exact) mass is 288 g/mol. The van der Waals surface area contributed by atoms with E-state index in [1.807, 2.05) is 49.1 Å². The number of rotatable bonds is 3. The van der Waals surface area contributed by atoms with Crippen molar-refractivity contribution >= 4 is 12.0 Å². The molecule has 112 valence electrons. The molecule has 0 aliphatic carbocycles. The van der Waals surface area contributed by atoms with E-state index in [2.05, 4.69) is 0 Å². The first-order valence-corrected chi connectivity index (χ1v) is 7.35. The summed E-state index contributed by atoms with van der Waals surface area (Å²) in [7, 11) is 0. The fourth-order valence-electron chi connectivity index (χ4n) is 3.16. The van der Waals surface area contributed by atoms with Crippen LogP contribution in [0.2, 0.25) is 0 Å². The third-order valence-corrected chi connectivity index (χ3v) is 4.15. The summed E-state index contributed by atoms with van der Waals surface area (Å²) in [6, 6.07) is 9.49. The van der Waals surface area contributed by atoms with Gasteiger partial charge in [0.2, 0.25) is 5.91 Å². The highest BCUT2D eigenvalue weighted by Crippen LogP contribution is 2.28. The Bertz CT molecular complexity index is 544. The van der Waals surface area contributed by atoms with Gasteiger partial charge in [0.1, 0.15) is 12.6 Å². The number of hydrogen-bond acceptors (Lipinski definition) is 3. The lowest BCUT2D eigenvalue weighted by Crippen LogP contribution is -2.62. The number of amides is 2. The fourth-order valence-corrected chi connectivity index (χ4v) is 3.16. The maximum Gasteiger partial charge on any atom is 0.410 e. The molecule has 0 radical (unpaired) electrons. The number of carbonyl (C=O) groups excluding carboxylic acids is 2. The Morgan fingerprint density at radius 1 is 1.24 bits per heavy atom. The van der Waals surface area contributed by atoms with Crippen LogP contribution >= 0.6 is 0 Å². The molecule has 5 heteroatoms. The molecule has 3 rings (SSSR count). The summed E-state index contributed by atoms with van der Waals surface area (Å²) in [5.41, 5.74) is 1.10. The van der Waals surface area contributed by atoms with E-state index in [0.29, 0.717) is 19.7 Å². The lowest BCUT2D eigenvalue weighted by Gasteiger charge is -2.42. The van der Waals surface area contributed by atoms with E-state index in [0.717, 1.165) is 5.56 Å². The molecule has 0 N–H and O–H groups in total. The fraction of sp³-hybridized carbons (Fsp3) is 0.500. The summed E-state index contributed by atoms with van der Waals surface area (Å²) in [5.74, 6) is 0.0909. The van der Waals surface area contributed by atoms with Crippen LogP contribution in [-0.2, 0) is 16.1 Å². The van der Waals surface area contributed by atoms with Crippen LogP contribution in [-0.4, -0.2) is 47.0 Å². The van der Waals surface area contributed by atoms with Crippen LogP contribution in [0, 0.1) is 5.92 Å². The largest absolute Gasteiger partial charge is 0.447 e. The van der Waals surface area contributed by atoms with E-state index in [4.69, 9.17) is 4.74 Å². The molecule has 0 spiro atoms. The van der Waals surface area contributed by atoms with Gasteiger partial charge in [-0.05, 0) is 11.5 Å². The molecule has 2 aliphatic heterocycles. The number of ether oxygens (including phenoxy) is 1. The molecular formula is C16H20N2O3. The van der Waals surface area contributed by atoms with Crippen molar-refractivity contribution in [3.63, 3.8) is 0 Å². The van der Waals surface area contributed by atoms with Crippen LogP contribution in [0.3, 0.4) is 0 Å². The second-order valence-electron chi connectivity index (χ2n) is 6.03. The van der Waals surface area contributed by atoms with Crippen molar-refractivity contribution in [2.24, 2.45) is 5.92 Å². The average molecular weight is 288 g/mol. The zero-order chi connectivity index (χ0) is 15.0. The van der Waals surface area contributed by atoms with Crippen LogP contribution in [0.1, 0.15) is 19.4 Å². The first-order valence-electron chi connectivity index (χ1n) is 7.35. The maximum atomic E-state index is 12.7. The number of carbonyl (C=O) groups is 2. The van der Waals surface area contributed by atoms with Crippen molar-refractivity contribution in [3.05, 3.63) is 35.9 Å². The first kappa shape index (κ1) is 13.9. The Hall–Kier alpha value is -2.04. The highest BCUT2D eigenvalue weighted by atomic mass is 16.6. The van der Waals surface area contributed by atoms with Gasteiger partial charge in [-0.25, -0.2) is 4.79 Å². The Labute approximate surface area is 124 Å². The molecule has 1 aromatic rings. The molecule has 2 saturated heterocycles. The second kappa shape index (κ2) is 5.39. The van der Waals surface area contributed by atoms with E-state index in [1.54, 1.807) is 4.90 Å². The molecule has 0 unspecified atom stereocenters. The molecular weight excluding hydrogens is 268 g/mol. The van der Waals surface area contributed by atoms with Gasteiger partial charge in [0.25, 0.3) is 0 Å². The van der Waals surface area contributed by atoms with Crippen molar-refractivity contribution < 1.29 is 14.3 Å². The molecule has 2 aliphatic rings. The van der Waals surface area contributed by atoms with E-state index in [9.17, 15) is 9.59 Å². The minimum Gasteiger partial charge on any atom is -0.447 e. The zero-order valence-electron chi connectivity index (χ0n) is 12.4. The third-order valence-electron chi connectivity index (χ3n) is 4.15. The SMILES string of the molecule is CC(C)[C@H]1C(=O)N(Cc2ccccc2)C[C@H]2COC(=O)N21. The van der Waals surface area contributed by atoms with Gasteiger partial charge >= 0.3 is 6.09 Å². The number of piperazine rings is 1. The summed E-state index contributed by atoms with van der Waals surface area (Å²) in [6.45, 7) is 5.44. The Morgan fingerprint density at radius 2 is 1.95 bits per heavy atom. The van der Waals surface area contributed by atoms with Crippen LogP contribution in [0.15, 0.2) is 30.3 Å². The second-order valence-corrected chi connectivity index (χ2v) is 6.03. The number of nitrogens with zero attached hydrogens (tertiary/aromatic N) is 2. The van der Waals surface area contributed by atoms with Crippen LogP contribution in [0.25, 0.3) is 0 Å². The van der Waals surface area contributed by atoms with Gasteiger partial charge in [-0.2, -0.15) is 0 Å². The van der Waals surface area contributed by atoms with Crippen molar-refractivity contribution in [2.75, 3.05) is 13.2 Å². The van der Waals surface area contributed by atoms with Gasteiger partial charge in [-0.3, -0.25) is 9.69 Å². The molecule has 1 aromatic carbocycles. The standard InChI is InChI=1S/C16H20N2O3/c1-11(2)14-15(19)17(8-12-6-4-3-5-7-12)9-13-10-21-16(20)18(13)14/h3-7,11,13-14H,8-10H2,1-2H3/t13-,14-/m0/s1. The van der Waals surface area contributed by atoms with Gasteiger partial charge in [0, 0.05) is 13.1 Å². The van der Waals surface area contributed by atoms with Gasteiger partial charge in [0.05, 0.1) is 6.04 Å². The Kier molecular flexibility index (Phi) is 3.57. The highest BCUT2D eigenvalue weighted by Gasteiger charge is 2.48. The van der Waals surface area contributed by atoms with Crippen molar-refractivity contribution in [1.82, 2.24) is 9.80 Å². The van der Waals surface area contributed by atoms with Crippen LogP contribution in [0.4, 0.5) is 4.79 Å². The highest BCUT2D eigenvalue weighted by molar-refractivity contribution is 5.88. The van der Waals surface area contributed by atoms with E-state index < -0.39 is 6.04 Å². The summed E-state index contributed by atoms with van der Waals surface area (Å²) in [4.78, 5) is 28.1. The minimum absolute atomic E-state index is 0.0175. The molecule has 2 fully saturated rings. The Morgan fingerprint density at radius 3 is 2.62 bits per heavy atom. The van der Waals surface area contributed by atoms with Crippen molar-refractivity contribution in [3.8, 4) is 0 Å². The summed E-state index contributed by atoms with van der Waals surface area (Å²) >= 11 is 0. The molecule has 2 heterocycles. The molecule has 0 aromatic heterocycles. The predicted molar refractivity (Wildman–Crippen MR) is 77.5 cm³/mol. The van der Waals surface area contributed by atoms with Crippen molar-refractivity contribution in [2.45, 2.75) is 32.5 Å². The lowest BCUT2D eigenvalue weighted by atomic mass is 9.96. The molecule has 21 heavy (non-hydrogen) atoms. The smallest absolute Gasteiger partial charge is 0.410 e. The lowest BCUT2D eigenvalue weighted by molar-refractivity contribution is -0.144. The minimum atomic E-state index is -0.414. The summed E-state index contributed by atoms with van der Waals surface area (Å²) in [5, 5.41) is 0. The topological polar surface area (TPSA) is 49.9 Å². The van der Waals surface area contributed by atoms with E-state index >= 15 is 0 Å². The van der Waals surface area contributed by atoms with E-state index in [1.165, 1.54) is 0 Å². The molecule has 2 amide bonds. The number of cyclic esters (lactones) is 1. The molecule has 2 atom stereocenters. The average Bonchev–Trinajstić information content (AvgIpc) is 2.82. The van der Waals surface area contributed by atoms with Gasteiger partial charge in [-0.1, -0.05) is 44.2 Å². The number of hydrogen-bond donors (Lipinski definition) is 0. The predicted octanol–water partition coefficient (Wildman–Crippen LogP) is 1.87. The van der Waals surface area contributed by atoms with Crippen LogP contribution < -0.4 is 0 Å². The van der Waals surface area contributed by atoms with Gasteiger partial charge in [-0.15, -0.1) is 0 Å².